The third-order valence-corrected chi connectivity index (χ3v) is 7.97. The van der Waals surface area contributed by atoms with Crippen LogP contribution in [-0.4, -0.2) is 73.1 Å². The molecule has 9 nitrogen and oxygen atoms in total. The third-order valence-electron chi connectivity index (χ3n) is 7.97. The van der Waals surface area contributed by atoms with Gasteiger partial charge >= 0.3 is 0 Å². The number of carbonyl (C=O) groups is 2. The summed E-state index contributed by atoms with van der Waals surface area (Å²) in [5.74, 6) is -0.448. The lowest BCUT2D eigenvalue weighted by Gasteiger charge is -2.38. The number of carbonyl (C=O) groups excluding carboxylic acids is 2. The number of hydrazine groups is 2. The van der Waals surface area contributed by atoms with Crippen molar-refractivity contribution in [1.82, 2.24) is 26.1 Å². The van der Waals surface area contributed by atoms with Crippen molar-refractivity contribution in [3.8, 4) is 0 Å². The fourth-order valence-corrected chi connectivity index (χ4v) is 5.87. The second kappa shape index (κ2) is 10.1. The molecule has 3 N–H and O–H groups in total. The second-order valence-corrected chi connectivity index (χ2v) is 10.3. The summed E-state index contributed by atoms with van der Waals surface area (Å²) in [6.07, 6.45) is 1.09. The number of fused-ring (bicyclic) bond motifs is 2. The van der Waals surface area contributed by atoms with E-state index in [1.165, 1.54) is 16.6 Å². The van der Waals surface area contributed by atoms with Gasteiger partial charge in [0.25, 0.3) is 0 Å². The van der Waals surface area contributed by atoms with Crippen molar-refractivity contribution in [1.29, 1.82) is 0 Å². The van der Waals surface area contributed by atoms with Crippen LogP contribution in [0.15, 0.2) is 36.4 Å². The number of anilines is 1. The molecule has 3 fully saturated rings. The summed E-state index contributed by atoms with van der Waals surface area (Å²) in [7, 11) is 0. The van der Waals surface area contributed by atoms with Gasteiger partial charge in [-0.2, -0.15) is 0 Å². The van der Waals surface area contributed by atoms with Crippen LogP contribution in [0, 0.1) is 12.7 Å². The van der Waals surface area contributed by atoms with Gasteiger partial charge in [-0.1, -0.05) is 30.3 Å². The third kappa shape index (κ3) is 4.75. The van der Waals surface area contributed by atoms with Crippen LogP contribution in [0.25, 0.3) is 0 Å². The summed E-state index contributed by atoms with van der Waals surface area (Å²) < 4.78 is 20.1. The summed E-state index contributed by atoms with van der Waals surface area (Å²) in [4.78, 5) is 30.0. The van der Waals surface area contributed by atoms with E-state index in [1.807, 2.05) is 4.90 Å². The molecule has 6 rings (SSSR count). The highest BCUT2D eigenvalue weighted by Gasteiger charge is 2.44. The van der Waals surface area contributed by atoms with E-state index in [4.69, 9.17) is 4.74 Å². The first kappa shape index (κ1) is 24.4. The maximum atomic E-state index is 14.7. The molecular weight excluding hydrogens is 475 g/mol. The molecule has 4 aliphatic rings. The highest BCUT2D eigenvalue weighted by atomic mass is 19.1. The van der Waals surface area contributed by atoms with Crippen LogP contribution in [0.1, 0.15) is 34.7 Å². The van der Waals surface area contributed by atoms with E-state index in [0.29, 0.717) is 31.9 Å². The molecule has 3 unspecified atom stereocenters. The average molecular weight is 509 g/mol. The van der Waals surface area contributed by atoms with Crippen LogP contribution >= 0.6 is 0 Å². The van der Waals surface area contributed by atoms with Gasteiger partial charge in [-0.25, -0.2) is 20.3 Å². The number of amides is 2. The number of ether oxygens (including phenoxy) is 1. The monoisotopic (exact) mass is 508 g/mol. The second-order valence-electron chi connectivity index (χ2n) is 10.3. The normalized spacial score (nSPS) is 26.2. The van der Waals surface area contributed by atoms with Crippen LogP contribution in [0.4, 0.5) is 10.1 Å². The first-order valence-electron chi connectivity index (χ1n) is 13.0. The van der Waals surface area contributed by atoms with Crippen LogP contribution < -0.4 is 21.3 Å². The van der Waals surface area contributed by atoms with Crippen molar-refractivity contribution in [3.05, 3.63) is 64.5 Å². The van der Waals surface area contributed by atoms with E-state index < -0.39 is 5.82 Å². The molecule has 196 valence electrons. The number of nitrogens with zero attached hydrogens (tertiary/aromatic N) is 3. The molecule has 4 aliphatic heterocycles. The molecule has 0 aromatic heterocycles. The van der Waals surface area contributed by atoms with Gasteiger partial charge in [0.15, 0.2) is 0 Å². The molecule has 0 spiro atoms. The Morgan fingerprint density at radius 3 is 2.76 bits per heavy atom. The highest BCUT2D eigenvalue weighted by molar-refractivity contribution is 5.94. The zero-order valence-electron chi connectivity index (χ0n) is 21.0. The lowest BCUT2D eigenvalue weighted by Crippen LogP contribution is -2.60. The van der Waals surface area contributed by atoms with Gasteiger partial charge < -0.3 is 9.64 Å². The van der Waals surface area contributed by atoms with Crippen molar-refractivity contribution >= 4 is 17.5 Å². The van der Waals surface area contributed by atoms with E-state index >= 15 is 0 Å². The Balaban J connectivity index is 1.19. The van der Waals surface area contributed by atoms with Gasteiger partial charge in [-0.05, 0) is 41.7 Å². The molecule has 3 atom stereocenters. The van der Waals surface area contributed by atoms with Crippen LogP contribution in [0.2, 0.25) is 0 Å². The predicted molar refractivity (Wildman–Crippen MR) is 136 cm³/mol. The number of benzene rings is 2. The number of nitrogens with one attached hydrogen (secondary N) is 3. The number of aryl methyl sites for hydroxylation is 1. The standard InChI is InChI=1S/C27H33FN6O3/c1-17-3-2-4-21(28)27(17)34-23(35)14-22-26(31-34)25(30-29-22)19-6-5-18-7-8-33(15-20(18)13-19)24(36)16-32-9-11-37-12-10-32/h2-6,13,22,25-26,29-31H,7-12,14-16H2,1H3. The summed E-state index contributed by atoms with van der Waals surface area (Å²) in [5, 5.41) is 1.37. The lowest BCUT2D eigenvalue weighted by molar-refractivity contribution is -0.134. The molecule has 2 amide bonds. The van der Waals surface area contributed by atoms with E-state index in [1.54, 1.807) is 19.1 Å². The summed E-state index contributed by atoms with van der Waals surface area (Å²) in [5.41, 5.74) is 14.4. The lowest BCUT2D eigenvalue weighted by atomic mass is 9.90. The fraction of sp³-hybridized carbons (Fsp3) is 0.481. The largest absolute Gasteiger partial charge is 0.379 e. The van der Waals surface area contributed by atoms with Gasteiger partial charge in [0.05, 0.1) is 37.5 Å². The first-order chi connectivity index (χ1) is 18.0. The Kier molecular flexibility index (Phi) is 6.68. The minimum Gasteiger partial charge on any atom is -0.379 e. The van der Waals surface area contributed by atoms with Crippen molar-refractivity contribution in [2.45, 2.75) is 44.4 Å². The molecule has 4 heterocycles. The Labute approximate surface area is 215 Å². The maximum Gasteiger partial charge on any atom is 0.243 e. The molecule has 2 aromatic carbocycles. The molecular formula is C27H33FN6O3. The first-order valence-corrected chi connectivity index (χ1v) is 13.0. The quantitative estimate of drug-likeness (QED) is 0.572. The SMILES string of the molecule is Cc1cccc(F)c1N1NC2C(CC1=O)NNC2c1ccc2c(c1)CN(C(=O)CN1CCOCC1)CC2. The predicted octanol–water partition coefficient (Wildman–Crippen LogP) is 1.18. The van der Waals surface area contributed by atoms with Gasteiger partial charge in [-0.3, -0.25) is 19.9 Å². The van der Waals surface area contributed by atoms with Crippen molar-refractivity contribution in [3.63, 3.8) is 0 Å². The molecule has 0 radical (unpaired) electrons. The van der Waals surface area contributed by atoms with Gasteiger partial charge in [0.1, 0.15) is 5.82 Å². The fourth-order valence-electron chi connectivity index (χ4n) is 5.87. The van der Waals surface area contributed by atoms with Gasteiger partial charge in [0, 0.05) is 38.6 Å². The summed E-state index contributed by atoms with van der Waals surface area (Å²) >= 11 is 0. The molecule has 0 saturated carbocycles. The summed E-state index contributed by atoms with van der Waals surface area (Å²) in [6.45, 7) is 6.49. The average Bonchev–Trinajstić information content (AvgIpc) is 3.31. The summed E-state index contributed by atoms with van der Waals surface area (Å²) in [6, 6.07) is 10.9. The van der Waals surface area contributed by atoms with E-state index in [-0.39, 0.29) is 42.0 Å². The Morgan fingerprint density at radius 1 is 1.11 bits per heavy atom. The Hall–Kier alpha value is -2.89. The Morgan fingerprint density at radius 2 is 1.95 bits per heavy atom. The number of para-hydroxylation sites is 1. The molecule has 10 heteroatoms. The number of morpholine rings is 1. The van der Waals surface area contributed by atoms with Crippen LogP contribution in [-0.2, 0) is 27.3 Å². The highest BCUT2D eigenvalue weighted by Crippen LogP contribution is 2.33. The maximum absolute atomic E-state index is 14.7. The van der Waals surface area contributed by atoms with Crippen molar-refractivity contribution in [2.24, 2.45) is 0 Å². The van der Waals surface area contributed by atoms with Crippen LogP contribution in [0.5, 0.6) is 0 Å². The van der Waals surface area contributed by atoms with Gasteiger partial charge in [-0.15, -0.1) is 0 Å². The molecule has 3 saturated heterocycles. The van der Waals surface area contributed by atoms with Crippen LogP contribution in [0.3, 0.4) is 0 Å². The number of halogens is 1. The van der Waals surface area contributed by atoms with E-state index in [0.717, 1.165) is 37.2 Å². The molecule has 0 aliphatic carbocycles. The molecule has 2 aromatic rings. The molecule has 37 heavy (non-hydrogen) atoms. The Bertz CT molecular complexity index is 1180. The smallest absolute Gasteiger partial charge is 0.243 e. The van der Waals surface area contributed by atoms with E-state index in [2.05, 4.69) is 39.4 Å². The minimum atomic E-state index is -0.426. The minimum absolute atomic E-state index is 0.122. The zero-order valence-corrected chi connectivity index (χ0v) is 21.0. The van der Waals surface area contributed by atoms with Crippen molar-refractivity contribution in [2.75, 3.05) is 44.4 Å². The van der Waals surface area contributed by atoms with Gasteiger partial charge in [0.2, 0.25) is 11.8 Å². The van der Waals surface area contributed by atoms with Crippen molar-refractivity contribution < 1.29 is 18.7 Å². The van der Waals surface area contributed by atoms with E-state index in [9.17, 15) is 14.0 Å². The zero-order chi connectivity index (χ0) is 25.5. The topological polar surface area (TPSA) is 89.2 Å². The molecule has 0 bridgehead atoms. The number of rotatable bonds is 4. The number of hydrogen-bond acceptors (Lipinski definition) is 7. The number of hydrogen-bond donors (Lipinski definition) is 3.